The largest absolute Gasteiger partial charge is 0.507 e. The number of benzene rings is 2. The second-order valence-electron chi connectivity index (χ2n) is 4.72. The predicted molar refractivity (Wildman–Crippen MR) is 77.0 cm³/mol. The lowest BCUT2D eigenvalue weighted by Crippen LogP contribution is -2.00. The molecule has 0 fully saturated rings. The van der Waals surface area contributed by atoms with E-state index in [-0.39, 0.29) is 11.5 Å². The molecular weight excluding hydrogens is 252 g/mol. The molecule has 1 aliphatic rings. The lowest BCUT2D eigenvalue weighted by molar-refractivity contribution is 0.103. The van der Waals surface area contributed by atoms with E-state index in [9.17, 15) is 9.90 Å². The molecule has 2 aromatic rings. The second kappa shape index (κ2) is 4.85. The number of fused-ring (bicyclic) bond motifs is 1. The van der Waals surface area contributed by atoms with E-state index in [1.807, 2.05) is 18.2 Å². The summed E-state index contributed by atoms with van der Waals surface area (Å²) in [6.07, 6.45) is 0.479. The number of methoxy groups -OCH3 is 1. The SMILES string of the molecule is COc1ccc(/C(O)=C2/Cc3ccccc3C2=O)cc1. The quantitative estimate of drug-likeness (QED) is 0.669. The van der Waals surface area contributed by atoms with Crippen molar-refractivity contribution in [3.8, 4) is 5.75 Å². The molecule has 1 aliphatic carbocycles. The number of hydrogen-bond donors (Lipinski definition) is 1. The Morgan fingerprint density at radius 2 is 1.80 bits per heavy atom. The molecule has 1 N–H and O–H groups in total. The summed E-state index contributed by atoms with van der Waals surface area (Å²) in [5, 5.41) is 10.3. The molecule has 0 spiro atoms. The van der Waals surface area contributed by atoms with E-state index in [1.165, 1.54) is 0 Å². The molecule has 0 saturated heterocycles. The van der Waals surface area contributed by atoms with Crippen molar-refractivity contribution in [2.45, 2.75) is 6.42 Å². The highest BCUT2D eigenvalue weighted by molar-refractivity contribution is 6.16. The average molecular weight is 266 g/mol. The summed E-state index contributed by atoms with van der Waals surface area (Å²) in [5.41, 5.74) is 2.73. The van der Waals surface area contributed by atoms with Crippen molar-refractivity contribution in [3.05, 3.63) is 70.8 Å². The maximum atomic E-state index is 12.3. The molecule has 0 aliphatic heterocycles. The minimum Gasteiger partial charge on any atom is -0.507 e. The van der Waals surface area contributed by atoms with Gasteiger partial charge in [-0.15, -0.1) is 0 Å². The number of allylic oxidation sites excluding steroid dienone is 1. The number of aliphatic hydroxyl groups excluding tert-OH is 1. The van der Waals surface area contributed by atoms with Crippen molar-refractivity contribution in [1.82, 2.24) is 0 Å². The van der Waals surface area contributed by atoms with Crippen LogP contribution < -0.4 is 4.74 Å². The van der Waals surface area contributed by atoms with Gasteiger partial charge in [0.15, 0.2) is 5.78 Å². The number of hydrogen-bond acceptors (Lipinski definition) is 3. The summed E-state index contributed by atoms with van der Waals surface area (Å²) in [5.74, 6) is 0.676. The molecule has 2 aromatic carbocycles. The predicted octanol–water partition coefficient (Wildman–Crippen LogP) is 3.40. The number of Topliss-reactive ketones (excluding diaryl/α,β-unsaturated/α-hetero) is 1. The van der Waals surface area contributed by atoms with Gasteiger partial charge in [0.1, 0.15) is 11.5 Å². The van der Waals surface area contributed by atoms with Crippen LogP contribution in [0.5, 0.6) is 5.75 Å². The monoisotopic (exact) mass is 266 g/mol. The molecule has 3 nitrogen and oxygen atoms in total. The molecule has 0 atom stereocenters. The minimum atomic E-state index is -0.0890. The van der Waals surface area contributed by atoms with E-state index in [4.69, 9.17) is 4.74 Å². The Balaban J connectivity index is 2.01. The number of aliphatic hydroxyl groups is 1. The van der Waals surface area contributed by atoms with Crippen molar-refractivity contribution < 1.29 is 14.6 Å². The molecule has 100 valence electrons. The first-order chi connectivity index (χ1) is 9.70. The van der Waals surface area contributed by atoms with Crippen LogP contribution >= 0.6 is 0 Å². The van der Waals surface area contributed by atoms with Crippen molar-refractivity contribution in [2.24, 2.45) is 0 Å². The maximum Gasteiger partial charge on any atom is 0.193 e. The molecule has 0 aromatic heterocycles. The van der Waals surface area contributed by atoms with Crippen molar-refractivity contribution >= 4 is 11.5 Å². The van der Waals surface area contributed by atoms with E-state index in [0.29, 0.717) is 28.9 Å². The highest BCUT2D eigenvalue weighted by Crippen LogP contribution is 2.31. The fraction of sp³-hybridized carbons (Fsp3) is 0.118. The van der Waals surface area contributed by atoms with E-state index in [1.54, 1.807) is 37.4 Å². The first-order valence-corrected chi connectivity index (χ1v) is 6.40. The maximum absolute atomic E-state index is 12.3. The molecule has 3 rings (SSSR count). The molecular formula is C17H14O3. The zero-order valence-electron chi connectivity index (χ0n) is 11.1. The number of carbonyl (C=O) groups is 1. The smallest absolute Gasteiger partial charge is 0.193 e. The van der Waals surface area contributed by atoms with Crippen LogP contribution in [0, 0.1) is 0 Å². The molecule has 0 radical (unpaired) electrons. The number of carbonyl (C=O) groups excluding carboxylic acids is 1. The van der Waals surface area contributed by atoms with Gasteiger partial charge in [-0.1, -0.05) is 24.3 Å². The highest BCUT2D eigenvalue weighted by Gasteiger charge is 2.27. The van der Waals surface area contributed by atoms with Crippen molar-refractivity contribution in [1.29, 1.82) is 0 Å². The van der Waals surface area contributed by atoms with E-state index < -0.39 is 0 Å². The molecule has 0 amide bonds. The van der Waals surface area contributed by atoms with Crippen LogP contribution in [0.2, 0.25) is 0 Å². The molecule has 0 unspecified atom stereocenters. The topological polar surface area (TPSA) is 46.5 Å². The Hall–Kier alpha value is -2.55. The fourth-order valence-corrected chi connectivity index (χ4v) is 2.44. The van der Waals surface area contributed by atoms with Gasteiger partial charge < -0.3 is 9.84 Å². The zero-order chi connectivity index (χ0) is 14.1. The zero-order valence-corrected chi connectivity index (χ0v) is 11.1. The first kappa shape index (κ1) is 12.5. The summed E-state index contributed by atoms with van der Waals surface area (Å²) >= 11 is 0. The number of ketones is 1. The lowest BCUT2D eigenvalue weighted by atomic mass is 10.1. The van der Waals surface area contributed by atoms with Crippen LogP contribution in [0.4, 0.5) is 0 Å². The van der Waals surface area contributed by atoms with E-state index in [0.717, 1.165) is 5.56 Å². The molecule has 0 heterocycles. The van der Waals surface area contributed by atoms with Gasteiger partial charge in [0.05, 0.1) is 7.11 Å². The van der Waals surface area contributed by atoms with Gasteiger partial charge in [-0.3, -0.25) is 4.79 Å². The van der Waals surface area contributed by atoms with E-state index in [2.05, 4.69) is 0 Å². The number of rotatable bonds is 2. The molecule has 3 heteroatoms. The molecule has 20 heavy (non-hydrogen) atoms. The third-order valence-electron chi connectivity index (χ3n) is 3.55. The first-order valence-electron chi connectivity index (χ1n) is 6.40. The van der Waals surface area contributed by atoms with Crippen LogP contribution in [-0.4, -0.2) is 18.0 Å². The fourth-order valence-electron chi connectivity index (χ4n) is 2.44. The van der Waals surface area contributed by atoms with Gasteiger partial charge in [0, 0.05) is 23.1 Å². The summed E-state index contributed by atoms with van der Waals surface area (Å²) in [4.78, 5) is 12.3. The van der Waals surface area contributed by atoms with Crippen LogP contribution in [0.25, 0.3) is 5.76 Å². The minimum absolute atomic E-state index is 0.0499. The van der Waals surface area contributed by atoms with Crippen LogP contribution in [0.15, 0.2) is 54.1 Å². The Morgan fingerprint density at radius 1 is 1.10 bits per heavy atom. The Labute approximate surface area is 117 Å². The van der Waals surface area contributed by atoms with Crippen LogP contribution in [0.1, 0.15) is 21.5 Å². The normalized spacial score (nSPS) is 15.9. The Morgan fingerprint density at radius 3 is 2.45 bits per heavy atom. The third-order valence-corrected chi connectivity index (χ3v) is 3.55. The summed E-state index contributed by atoms with van der Waals surface area (Å²) in [6.45, 7) is 0. The lowest BCUT2D eigenvalue weighted by Gasteiger charge is -2.05. The molecule has 0 saturated carbocycles. The summed E-state index contributed by atoms with van der Waals surface area (Å²) < 4.78 is 5.08. The van der Waals surface area contributed by atoms with Gasteiger partial charge in [-0.05, 0) is 29.8 Å². The van der Waals surface area contributed by atoms with E-state index >= 15 is 0 Å². The van der Waals surface area contributed by atoms with Gasteiger partial charge in [0.2, 0.25) is 0 Å². The van der Waals surface area contributed by atoms with Crippen LogP contribution in [-0.2, 0) is 6.42 Å². The number of ether oxygens (including phenoxy) is 1. The second-order valence-corrected chi connectivity index (χ2v) is 4.72. The van der Waals surface area contributed by atoms with Gasteiger partial charge in [0.25, 0.3) is 0 Å². The molecule has 0 bridgehead atoms. The average Bonchev–Trinajstić information content (AvgIpc) is 2.84. The van der Waals surface area contributed by atoms with Gasteiger partial charge in [-0.25, -0.2) is 0 Å². The highest BCUT2D eigenvalue weighted by atomic mass is 16.5. The van der Waals surface area contributed by atoms with Crippen molar-refractivity contribution in [2.75, 3.05) is 7.11 Å². The van der Waals surface area contributed by atoms with Crippen LogP contribution in [0.3, 0.4) is 0 Å². The third kappa shape index (κ3) is 1.97. The standard InChI is InChI=1S/C17H14O3/c1-20-13-8-6-11(7-9-13)16(18)15-10-12-4-2-3-5-14(12)17(15)19/h2-9,18H,10H2,1H3/b16-15+. The summed E-state index contributed by atoms with van der Waals surface area (Å²) in [6, 6.07) is 14.5. The van der Waals surface area contributed by atoms with Gasteiger partial charge in [-0.2, -0.15) is 0 Å². The Bertz CT molecular complexity index is 696. The summed E-state index contributed by atoms with van der Waals surface area (Å²) in [7, 11) is 1.59. The van der Waals surface area contributed by atoms with Gasteiger partial charge >= 0.3 is 0 Å². The Kier molecular flexibility index (Phi) is 3.03. The van der Waals surface area contributed by atoms with Crippen molar-refractivity contribution in [3.63, 3.8) is 0 Å².